The third-order valence-electron chi connectivity index (χ3n) is 3.08. The molecule has 0 saturated carbocycles. The van der Waals surface area contributed by atoms with Crippen LogP contribution in [0.3, 0.4) is 0 Å². The van der Waals surface area contributed by atoms with Crippen molar-refractivity contribution in [1.82, 2.24) is 4.98 Å². The third kappa shape index (κ3) is 3.61. The minimum absolute atomic E-state index is 0.107. The molecular weight excluding hydrogens is 242 g/mol. The number of hydrogen-bond donors (Lipinski definition) is 1. The van der Waals surface area contributed by atoms with Crippen molar-refractivity contribution in [2.45, 2.75) is 19.3 Å². The molecular formula is C15H15NO3. The molecule has 0 aliphatic heterocycles. The predicted octanol–water partition coefficient (Wildman–Crippen LogP) is 2.46. The van der Waals surface area contributed by atoms with E-state index in [2.05, 4.69) is 4.98 Å². The largest absolute Gasteiger partial charge is 0.481 e. The number of pyridine rings is 1. The van der Waals surface area contributed by atoms with Crippen LogP contribution in [-0.2, 0) is 16.0 Å². The third-order valence-corrected chi connectivity index (χ3v) is 3.08. The van der Waals surface area contributed by atoms with Gasteiger partial charge in [0, 0.05) is 17.5 Å². The van der Waals surface area contributed by atoms with Gasteiger partial charge >= 0.3 is 5.97 Å². The summed E-state index contributed by atoms with van der Waals surface area (Å²) in [7, 11) is 0. The van der Waals surface area contributed by atoms with Gasteiger partial charge in [-0.2, -0.15) is 0 Å². The molecule has 2 aromatic rings. The van der Waals surface area contributed by atoms with Gasteiger partial charge in [-0.05, 0) is 30.5 Å². The normalized spacial score (nSPS) is 12.2. The highest BCUT2D eigenvalue weighted by Crippen LogP contribution is 2.16. The van der Waals surface area contributed by atoms with Gasteiger partial charge in [0.25, 0.3) is 0 Å². The molecule has 98 valence electrons. The van der Waals surface area contributed by atoms with E-state index in [0.717, 1.165) is 22.8 Å². The summed E-state index contributed by atoms with van der Waals surface area (Å²) in [5.74, 6) is -1.36. The van der Waals surface area contributed by atoms with E-state index in [1.807, 2.05) is 30.3 Å². The summed E-state index contributed by atoms with van der Waals surface area (Å²) in [5, 5.41) is 9.74. The average molecular weight is 257 g/mol. The zero-order valence-corrected chi connectivity index (χ0v) is 10.5. The van der Waals surface area contributed by atoms with Crippen LogP contribution in [0.25, 0.3) is 10.9 Å². The second kappa shape index (κ2) is 6.09. The Labute approximate surface area is 111 Å². The smallest absolute Gasteiger partial charge is 0.304 e. The zero-order valence-electron chi connectivity index (χ0n) is 10.5. The Hall–Kier alpha value is -2.23. The predicted molar refractivity (Wildman–Crippen MR) is 71.9 cm³/mol. The van der Waals surface area contributed by atoms with E-state index >= 15 is 0 Å². The first-order chi connectivity index (χ1) is 9.19. The van der Waals surface area contributed by atoms with Gasteiger partial charge in [0.1, 0.15) is 6.29 Å². The summed E-state index contributed by atoms with van der Waals surface area (Å²) in [5.41, 5.74) is 1.96. The van der Waals surface area contributed by atoms with Crippen molar-refractivity contribution >= 4 is 23.2 Å². The van der Waals surface area contributed by atoms with Crippen molar-refractivity contribution in [3.8, 4) is 0 Å². The van der Waals surface area contributed by atoms with Crippen molar-refractivity contribution < 1.29 is 14.7 Å². The van der Waals surface area contributed by atoms with Gasteiger partial charge in [0.05, 0.1) is 11.9 Å². The van der Waals surface area contributed by atoms with Crippen molar-refractivity contribution in [2.75, 3.05) is 0 Å². The van der Waals surface area contributed by atoms with E-state index in [4.69, 9.17) is 5.11 Å². The van der Waals surface area contributed by atoms with Gasteiger partial charge in [0.15, 0.2) is 0 Å². The Morgan fingerprint density at radius 1 is 1.37 bits per heavy atom. The summed E-state index contributed by atoms with van der Waals surface area (Å²) >= 11 is 0. The van der Waals surface area contributed by atoms with E-state index in [1.165, 1.54) is 0 Å². The Kier molecular flexibility index (Phi) is 4.23. The molecule has 1 unspecified atom stereocenters. The van der Waals surface area contributed by atoms with Crippen molar-refractivity contribution in [3.05, 3.63) is 42.1 Å². The number of carbonyl (C=O) groups excluding carboxylic acids is 1. The van der Waals surface area contributed by atoms with E-state index < -0.39 is 11.9 Å². The number of aryl methyl sites for hydroxylation is 1. The lowest BCUT2D eigenvalue weighted by Crippen LogP contribution is -2.10. The van der Waals surface area contributed by atoms with Crippen molar-refractivity contribution in [3.63, 3.8) is 0 Å². The molecule has 0 radical (unpaired) electrons. The highest BCUT2D eigenvalue weighted by atomic mass is 16.4. The van der Waals surface area contributed by atoms with Gasteiger partial charge in [-0.3, -0.25) is 9.78 Å². The standard InChI is InChI=1S/C15H15NO3/c17-10-12(8-15(18)19)6-5-11-7-13-3-1-2-4-14(13)16-9-11/h1-4,7,9-10,12H,5-6,8H2,(H,18,19). The lowest BCUT2D eigenvalue weighted by Gasteiger charge is -2.07. The van der Waals surface area contributed by atoms with Crippen LogP contribution in [0.5, 0.6) is 0 Å². The fourth-order valence-corrected chi connectivity index (χ4v) is 2.05. The fraction of sp³-hybridized carbons (Fsp3) is 0.267. The van der Waals surface area contributed by atoms with Crippen molar-refractivity contribution in [1.29, 1.82) is 0 Å². The molecule has 1 atom stereocenters. The molecule has 0 aliphatic rings. The molecule has 0 spiro atoms. The SMILES string of the molecule is O=CC(CCc1cnc2ccccc2c1)CC(=O)O. The lowest BCUT2D eigenvalue weighted by molar-refractivity contribution is -0.139. The summed E-state index contributed by atoms with van der Waals surface area (Å²) in [6, 6.07) is 9.85. The highest BCUT2D eigenvalue weighted by Gasteiger charge is 2.12. The molecule has 0 amide bonds. The first-order valence-corrected chi connectivity index (χ1v) is 6.20. The number of aldehydes is 1. The molecule has 1 heterocycles. The number of rotatable bonds is 6. The number of carbonyl (C=O) groups is 2. The maximum Gasteiger partial charge on any atom is 0.304 e. The molecule has 1 aromatic heterocycles. The van der Waals surface area contributed by atoms with Gasteiger partial charge in [-0.25, -0.2) is 0 Å². The number of fused-ring (bicyclic) bond motifs is 1. The molecule has 0 fully saturated rings. The maximum atomic E-state index is 10.8. The number of carboxylic acids is 1. The van der Waals surface area contributed by atoms with E-state index in [9.17, 15) is 9.59 Å². The van der Waals surface area contributed by atoms with Crippen LogP contribution in [-0.4, -0.2) is 22.3 Å². The minimum Gasteiger partial charge on any atom is -0.481 e. The number of benzene rings is 1. The van der Waals surface area contributed by atoms with Gasteiger partial charge < -0.3 is 9.90 Å². The summed E-state index contributed by atoms with van der Waals surface area (Å²) in [6.45, 7) is 0. The molecule has 0 saturated heterocycles. The van der Waals surface area contributed by atoms with Crippen LogP contribution < -0.4 is 0 Å². The Bertz CT molecular complexity index is 595. The first-order valence-electron chi connectivity index (χ1n) is 6.20. The van der Waals surface area contributed by atoms with Crippen molar-refractivity contribution in [2.24, 2.45) is 5.92 Å². The quantitative estimate of drug-likeness (QED) is 0.807. The molecule has 19 heavy (non-hydrogen) atoms. The minimum atomic E-state index is -0.936. The van der Waals surface area contributed by atoms with Gasteiger partial charge in [0.2, 0.25) is 0 Å². The lowest BCUT2D eigenvalue weighted by atomic mass is 9.98. The number of aliphatic carboxylic acids is 1. The number of aromatic nitrogens is 1. The van der Waals surface area contributed by atoms with Crippen LogP contribution in [0.2, 0.25) is 0 Å². The zero-order chi connectivity index (χ0) is 13.7. The first kappa shape index (κ1) is 13.2. The maximum absolute atomic E-state index is 10.8. The highest BCUT2D eigenvalue weighted by molar-refractivity contribution is 5.78. The number of nitrogens with zero attached hydrogens (tertiary/aromatic N) is 1. The monoisotopic (exact) mass is 257 g/mol. The van der Waals surface area contributed by atoms with E-state index in [0.29, 0.717) is 12.8 Å². The molecule has 4 heteroatoms. The molecule has 0 bridgehead atoms. The van der Waals surface area contributed by atoms with Gasteiger partial charge in [-0.1, -0.05) is 18.2 Å². The van der Waals surface area contributed by atoms with E-state index in [-0.39, 0.29) is 6.42 Å². The molecule has 4 nitrogen and oxygen atoms in total. The fourth-order valence-electron chi connectivity index (χ4n) is 2.05. The molecule has 0 aliphatic carbocycles. The van der Waals surface area contributed by atoms with E-state index in [1.54, 1.807) is 6.20 Å². The van der Waals surface area contributed by atoms with Crippen LogP contribution in [0, 0.1) is 5.92 Å². The number of para-hydroxylation sites is 1. The number of carboxylic acid groups (broad SMARTS) is 1. The molecule has 2 rings (SSSR count). The topological polar surface area (TPSA) is 67.3 Å². The molecule has 1 N–H and O–H groups in total. The van der Waals surface area contributed by atoms with Crippen LogP contribution in [0.4, 0.5) is 0 Å². The Balaban J connectivity index is 2.04. The second-order valence-corrected chi connectivity index (χ2v) is 4.57. The van der Waals surface area contributed by atoms with Crippen LogP contribution in [0.1, 0.15) is 18.4 Å². The Morgan fingerprint density at radius 2 is 2.16 bits per heavy atom. The molecule has 1 aromatic carbocycles. The summed E-state index contributed by atoms with van der Waals surface area (Å²) in [4.78, 5) is 25.7. The van der Waals surface area contributed by atoms with Gasteiger partial charge in [-0.15, -0.1) is 0 Å². The Morgan fingerprint density at radius 3 is 2.89 bits per heavy atom. The summed E-state index contributed by atoms with van der Waals surface area (Å²) < 4.78 is 0. The summed E-state index contributed by atoms with van der Waals surface area (Å²) in [6.07, 6.45) is 3.60. The second-order valence-electron chi connectivity index (χ2n) is 4.57. The van der Waals surface area contributed by atoms with Crippen LogP contribution >= 0.6 is 0 Å². The average Bonchev–Trinajstić information content (AvgIpc) is 2.42. The number of hydrogen-bond acceptors (Lipinski definition) is 3. The van der Waals surface area contributed by atoms with Crippen LogP contribution in [0.15, 0.2) is 36.5 Å².